The smallest absolute Gasteiger partial charge is 0.374 e. The van der Waals surface area contributed by atoms with Crippen molar-refractivity contribution in [3.63, 3.8) is 0 Å². The molecule has 0 N–H and O–H groups in total. The van der Waals surface area contributed by atoms with E-state index < -0.39 is 11.7 Å². The second-order valence-electron chi connectivity index (χ2n) is 4.77. The van der Waals surface area contributed by atoms with Gasteiger partial charge in [0, 0.05) is 5.97 Å². The number of nitrogens with zero attached hydrogens (tertiary/aromatic N) is 1. The minimum absolute atomic E-state index is 0.0481. The largest absolute Gasteiger partial charge is 0.416 e. The zero-order chi connectivity index (χ0) is 17.9. The van der Waals surface area contributed by atoms with Crippen LogP contribution in [-0.2, 0) is 17.5 Å². The average molecular weight is 327 g/mol. The molecule has 0 saturated carbocycles. The summed E-state index contributed by atoms with van der Waals surface area (Å²) in [5.41, 5.74) is 0.0649. The Kier molecular flexibility index (Phi) is 10.4. The molecule has 0 amide bonds. The molecule has 1 aromatic rings. The molecular formula is C17H25BF3NO. The molecule has 0 bridgehead atoms. The first-order valence-corrected chi connectivity index (χ1v) is 8.16. The van der Waals surface area contributed by atoms with Crippen LogP contribution in [0.4, 0.5) is 13.2 Å². The highest BCUT2D eigenvalue weighted by Crippen LogP contribution is 2.29. The maximum Gasteiger partial charge on any atom is 0.416 e. The van der Waals surface area contributed by atoms with Gasteiger partial charge in [-0.15, -0.1) is 0 Å². The van der Waals surface area contributed by atoms with Crippen molar-refractivity contribution < 1.29 is 17.9 Å². The number of benzene rings is 1. The fourth-order valence-electron chi connectivity index (χ4n) is 2.21. The lowest BCUT2D eigenvalue weighted by Crippen LogP contribution is -2.11. The number of hydrogen-bond acceptors (Lipinski definition) is 2. The zero-order valence-electron chi connectivity index (χ0n) is 14.3. The van der Waals surface area contributed by atoms with Crippen LogP contribution in [-0.4, -0.2) is 12.8 Å². The number of nitriles is 1. The molecule has 0 radical (unpaired) electrons. The molecule has 1 fully saturated rings. The topological polar surface area (TPSA) is 33.0 Å². The number of alkyl halides is 3. The summed E-state index contributed by atoms with van der Waals surface area (Å²) in [4.78, 5) is 0. The Morgan fingerprint density at radius 2 is 1.74 bits per heavy atom. The zero-order valence-corrected chi connectivity index (χ0v) is 14.3. The molecule has 1 aliphatic rings. The summed E-state index contributed by atoms with van der Waals surface area (Å²) in [5, 5.41) is 8.76. The quantitative estimate of drug-likeness (QED) is 0.677. The predicted molar refractivity (Wildman–Crippen MR) is 88.3 cm³/mol. The summed E-state index contributed by atoms with van der Waals surface area (Å²) in [6, 6.07) is 4.98. The van der Waals surface area contributed by atoms with Crippen molar-refractivity contribution in [2.45, 2.75) is 65.6 Å². The van der Waals surface area contributed by atoms with Gasteiger partial charge < -0.3 is 4.74 Å². The molecule has 0 aliphatic carbocycles. The Labute approximate surface area is 137 Å². The minimum atomic E-state index is -4.30. The molecule has 2 rings (SSSR count). The number of hydrogen-bond donors (Lipinski definition) is 0. The van der Waals surface area contributed by atoms with Gasteiger partial charge in [0.15, 0.2) is 0 Å². The highest BCUT2D eigenvalue weighted by molar-refractivity contribution is 6.67. The summed E-state index contributed by atoms with van der Waals surface area (Å²) in [7, 11) is 0. The van der Waals surface area contributed by atoms with E-state index in [1.54, 1.807) is 0 Å². The van der Waals surface area contributed by atoms with Gasteiger partial charge >= 0.3 is 6.18 Å². The normalized spacial score (nSPS) is 16.6. The van der Waals surface area contributed by atoms with Crippen molar-refractivity contribution in [2.24, 2.45) is 0 Å². The van der Waals surface area contributed by atoms with Crippen LogP contribution in [0, 0.1) is 11.2 Å². The first kappa shape index (κ1) is 21.5. The molecule has 2 nitrogen and oxygen atoms in total. The van der Waals surface area contributed by atoms with Crippen molar-refractivity contribution in [3.8, 4) is 5.97 Å². The van der Waals surface area contributed by atoms with E-state index in [4.69, 9.17) is 10.00 Å². The molecule has 6 heteroatoms. The average Bonchev–Trinajstić information content (AvgIpc) is 3.04. The second-order valence-corrected chi connectivity index (χ2v) is 4.77. The van der Waals surface area contributed by atoms with Crippen molar-refractivity contribution in [1.82, 2.24) is 0 Å². The van der Waals surface area contributed by atoms with Crippen LogP contribution in [0.5, 0.6) is 0 Å². The molecule has 1 saturated heterocycles. The molecule has 1 aliphatic heterocycles. The van der Waals surface area contributed by atoms with Gasteiger partial charge in [-0.2, -0.15) is 13.2 Å². The first-order chi connectivity index (χ1) is 11.0. The molecular weight excluding hydrogens is 302 g/mol. The highest BCUT2D eigenvalue weighted by atomic mass is 19.4. The van der Waals surface area contributed by atoms with E-state index in [1.165, 1.54) is 12.1 Å². The fraction of sp³-hybridized carbons (Fsp3) is 0.588. The van der Waals surface area contributed by atoms with E-state index in [0.717, 1.165) is 31.2 Å². The second kappa shape index (κ2) is 11.1. The molecule has 1 heterocycles. The summed E-state index contributed by atoms with van der Waals surface area (Å²) in [5.74, 6) is 2.21. The monoisotopic (exact) mass is 327 g/mol. The molecule has 128 valence electrons. The van der Waals surface area contributed by atoms with E-state index >= 15 is 0 Å². The van der Waals surface area contributed by atoms with Crippen LogP contribution in [0.2, 0.25) is 12.6 Å². The van der Waals surface area contributed by atoms with Gasteiger partial charge in [0.1, 0.15) is 0 Å². The lowest BCUT2D eigenvalue weighted by molar-refractivity contribution is -0.137. The number of halogens is 3. The van der Waals surface area contributed by atoms with Crippen molar-refractivity contribution in [3.05, 3.63) is 35.4 Å². The third-order valence-corrected chi connectivity index (χ3v) is 3.33. The number of rotatable bonds is 3. The molecule has 23 heavy (non-hydrogen) atoms. The lowest BCUT2D eigenvalue weighted by Gasteiger charge is -2.12. The SMILES string of the molecule is CC.CC.N#CB1CCC(OCc2ccc(C(F)(F)F)cc2)C1. The number of ether oxygens (including phenoxy) is 1. The summed E-state index contributed by atoms with van der Waals surface area (Å²) < 4.78 is 42.7. The van der Waals surface area contributed by atoms with Crippen LogP contribution in [0.1, 0.15) is 45.2 Å². The molecule has 1 atom stereocenters. The van der Waals surface area contributed by atoms with Crippen LogP contribution in [0.25, 0.3) is 0 Å². The predicted octanol–water partition coefficient (Wildman–Crippen LogP) is 5.60. The fourth-order valence-corrected chi connectivity index (χ4v) is 2.21. The first-order valence-electron chi connectivity index (χ1n) is 8.16. The van der Waals surface area contributed by atoms with E-state index in [2.05, 4.69) is 5.97 Å². The van der Waals surface area contributed by atoms with Gasteiger partial charge in [0.2, 0.25) is 0 Å². The van der Waals surface area contributed by atoms with Crippen LogP contribution >= 0.6 is 0 Å². The molecule has 1 unspecified atom stereocenters. The van der Waals surface area contributed by atoms with Gasteiger partial charge in [-0.3, -0.25) is 0 Å². The van der Waals surface area contributed by atoms with E-state index in [9.17, 15) is 13.2 Å². The third kappa shape index (κ3) is 7.56. The van der Waals surface area contributed by atoms with Crippen molar-refractivity contribution >= 4 is 6.71 Å². The van der Waals surface area contributed by atoms with Gasteiger partial charge in [-0.25, -0.2) is 5.26 Å². The van der Waals surface area contributed by atoms with Crippen molar-refractivity contribution in [2.75, 3.05) is 0 Å². The van der Waals surface area contributed by atoms with Gasteiger partial charge in [-0.1, -0.05) is 46.1 Å². The van der Waals surface area contributed by atoms with E-state index in [-0.39, 0.29) is 12.8 Å². The maximum atomic E-state index is 12.4. The van der Waals surface area contributed by atoms with Crippen molar-refractivity contribution in [1.29, 1.82) is 5.26 Å². The Bertz CT molecular complexity index is 468. The highest BCUT2D eigenvalue weighted by Gasteiger charge is 2.30. The van der Waals surface area contributed by atoms with E-state index in [1.807, 2.05) is 27.7 Å². The summed E-state index contributed by atoms with van der Waals surface area (Å²) in [6.07, 6.45) is -1.85. The molecule has 1 aromatic carbocycles. The van der Waals surface area contributed by atoms with Gasteiger partial charge in [-0.05, 0) is 30.4 Å². The Morgan fingerprint density at radius 1 is 1.17 bits per heavy atom. The van der Waals surface area contributed by atoms with Crippen LogP contribution in [0.3, 0.4) is 0 Å². The van der Waals surface area contributed by atoms with Crippen LogP contribution in [0.15, 0.2) is 24.3 Å². The summed E-state index contributed by atoms with van der Waals surface area (Å²) >= 11 is 0. The maximum absolute atomic E-state index is 12.4. The van der Waals surface area contributed by atoms with E-state index in [0.29, 0.717) is 12.2 Å². The van der Waals surface area contributed by atoms with Gasteiger partial charge in [0.05, 0.1) is 18.3 Å². The van der Waals surface area contributed by atoms with Gasteiger partial charge in [0.25, 0.3) is 6.71 Å². The minimum Gasteiger partial charge on any atom is -0.374 e. The molecule has 0 aromatic heterocycles. The Hall–Kier alpha value is -1.48. The standard InChI is InChI=1S/C13H13BF3NO.2C2H6/c15-13(16,17)11-3-1-10(2-4-11)8-19-12-5-6-14(7-12)9-18;2*1-2/h1-4,12H,5-8H2;2*1-2H3. The molecule has 0 spiro atoms. The Morgan fingerprint density at radius 3 is 2.17 bits per heavy atom. The van der Waals surface area contributed by atoms with Crippen LogP contribution < -0.4 is 0 Å². The summed E-state index contributed by atoms with van der Waals surface area (Å²) in [6.45, 7) is 8.35. The Balaban J connectivity index is 0.00000112. The third-order valence-electron chi connectivity index (χ3n) is 3.33. The lowest BCUT2D eigenvalue weighted by atomic mass is 9.50.